The fourth-order valence-electron chi connectivity index (χ4n) is 1.48. The molecule has 0 fully saturated rings. The van der Waals surface area contributed by atoms with E-state index < -0.39 is 11.7 Å². The zero-order chi connectivity index (χ0) is 13.1. The first-order chi connectivity index (χ1) is 7.86. The molecule has 0 amide bonds. The fraction of sp³-hybridized carbons (Fsp3) is 0.727. The van der Waals surface area contributed by atoms with E-state index in [-0.39, 0.29) is 12.1 Å². The van der Waals surface area contributed by atoms with E-state index in [1.165, 1.54) is 4.68 Å². The highest BCUT2D eigenvalue weighted by atomic mass is 19.4. The van der Waals surface area contributed by atoms with E-state index in [9.17, 15) is 13.2 Å². The van der Waals surface area contributed by atoms with E-state index in [1.54, 1.807) is 0 Å². The van der Waals surface area contributed by atoms with Gasteiger partial charge in [-0.1, -0.05) is 6.92 Å². The van der Waals surface area contributed by atoms with E-state index in [0.717, 1.165) is 25.4 Å². The summed E-state index contributed by atoms with van der Waals surface area (Å²) in [6.07, 6.45) is -1.42. The van der Waals surface area contributed by atoms with E-state index in [4.69, 9.17) is 0 Å². The van der Waals surface area contributed by atoms with Crippen molar-refractivity contribution < 1.29 is 13.2 Å². The van der Waals surface area contributed by atoms with Crippen LogP contribution in [0.4, 0.5) is 13.2 Å². The lowest BCUT2D eigenvalue weighted by Gasteiger charge is -2.21. The third-order valence-electron chi connectivity index (χ3n) is 2.79. The molecular formula is C11H18F3N3. The van der Waals surface area contributed by atoms with Crippen LogP contribution in [0.5, 0.6) is 0 Å². The minimum atomic E-state index is -4.32. The number of hydrogen-bond acceptors (Lipinski definition) is 2. The van der Waals surface area contributed by atoms with E-state index >= 15 is 0 Å². The molecule has 0 radical (unpaired) electrons. The van der Waals surface area contributed by atoms with Gasteiger partial charge in [-0.05, 0) is 26.8 Å². The molecule has 0 saturated carbocycles. The lowest BCUT2D eigenvalue weighted by molar-refractivity contribution is -0.137. The van der Waals surface area contributed by atoms with Crippen molar-refractivity contribution in [2.24, 2.45) is 0 Å². The molecule has 2 unspecified atom stereocenters. The van der Waals surface area contributed by atoms with Gasteiger partial charge < -0.3 is 5.32 Å². The average Bonchev–Trinajstić information content (AvgIpc) is 2.73. The van der Waals surface area contributed by atoms with Gasteiger partial charge in [-0.25, -0.2) is 0 Å². The maximum absolute atomic E-state index is 12.4. The van der Waals surface area contributed by atoms with Crippen LogP contribution in [0.1, 0.15) is 38.8 Å². The summed E-state index contributed by atoms with van der Waals surface area (Å²) in [4.78, 5) is 0. The first-order valence-electron chi connectivity index (χ1n) is 5.71. The number of hydrogen-bond donors (Lipinski definition) is 1. The average molecular weight is 249 g/mol. The molecule has 1 aromatic heterocycles. The van der Waals surface area contributed by atoms with Gasteiger partial charge in [-0.2, -0.15) is 18.3 Å². The van der Waals surface area contributed by atoms with E-state index in [1.807, 2.05) is 20.8 Å². The summed E-state index contributed by atoms with van der Waals surface area (Å²) in [6.45, 7) is 6.68. The number of halogens is 3. The molecule has 0 aliphatic carbocycles. The van der Waals surface area contributed by atoms with Gasteiger partial charge in [-0.15, -0.1) is 0 Å². The van der Waals surface area contributed by atoms with Gasteiger partial charge >= 0.3 is 6.18 Å². The fourth-order valence-corrected chi connectivity index (χ4v) is 1.48. The molecule has 1 rings (SSSR count). The van der Waals surface area contributed by atoms with Crippen molar-refractivity contribution in [2.75, 3.05) is 6.54 Å². The van der Waals surface area contributed by atoms with Gasteiger partial charge in [0.2, 0.25) is 0 Å². The normalized spacial score (nSPS) is 15.9. The Bertz CT molecular complexity index is 346. The zero-order valence-corrected chi connectivity index (χ0v) is 10.3. The molecule has 0 bridgehead atoms. The molecule has 6 heteroatoms. The summed E-state index contributed by atoms with van der Waals surface area (Å²) in [5.41, 5.74) is -0.702. The van der Waals surface area contributed by atoms with Crippen LogP contribution in [0.3, 0.4) is 0 Å². The minimum absolute atomic E-state index is 0.0796. The summed E-state index contributed by atoms with van der Waals surface area (Å²) in [5.74, 6) is 0. The monoisotopic (exact) mass is 249 g/mol. The summed E-state index contributed by atoms with van der Waals surface area (Å²) in [6, 6.07) is -0.0337. The van der Waals surface area contributed by atoms with Gasteiger partial charge in [0.25, 0.3) is 0 Å². The maximum atomic E-state index is 12.4. The third kappa shape index (κ3) is 3.73. The maximum Gasteiger partial charge on any atom is 0.419 e. The molecule has 0 aliphatic rings. The molecule has 0 saturated heterocycles. The van der Waals surface area contributed by atoms with Crippen molar-refractivity contribution >= 4 is 0 Å². The predicted molar refractivity (Wildman–Crippen MR) is 59.7 cm³/mol. The van der Waals surface area contributed by atoms with Gasteiger partial charge in [-0.3, -0.25) is 4.68 Å². The van der Waals surface area contributed by atoms with Crippen molar-refractivity contribution in [1.82, 2.24) is 15.1 Å². The third-order valence-corrected chi connectivity index (χ3v) is 2.79. The second-order valence-corrected chi connectivity index (χ2v) is 4.19. The van der Waals surface area contributed by atoms with E-state index in [0.29, 0.717) is 0 Å². The Balaban J connectivity index is 2.69. The van der Waals surface area contributed by atoms with Crippen molar-refractivity contribution in [2.45, 2.75) is 45.5 Å². The second-order valence-electron chi connectivity index (χ2n) is 4.19. The molecule has 17 heavy (non-hydrogen) atoms. The largest absolute Gasteiger partial charge is 0.419 e. The number of rotatable bonds is 5. The zero-order valence-electron chi connectivity index (χ0n) is 10.3. The minimum Gasteiger partial charge on any atom is -0.312 e. The van der Waals surface area contributed by atoms with Crippen LogP contribution in [0, 0.1) is 0 Å². The number of aromatic nitrogens is 2. The highest BCUT2D eigenvalue weighted by Crippen LogP contribution is 2.29. The van der Waals surface area contributed by atoms with Gasteiger partial charge in [0.15, 0.2) is 0 Å². The summed E-state index contributed by atoms with van der Waals surface area (Å²) >= 11 is 0. The SMILES string of the molecule is CCCNC(C)C(C)n1cc(C(F)(F)F)cn1. The Hall–Kier alpha value is -1.04. The van der Waals surface area contributed by atoms with Gasteiger partial charge in [0.05, 0.1) is 17.8 Å². The quantitative estimate of drug-likeness (QED) is 0.869. The molecule has 0 aliphatic heterocycles. The molecule has 0 spiro atoms. The summed E-state index contributed by atoms with van der Waals surface area (Å²) < 4.78 is 38.6. The van der Waals surface area contributed by atoms with Crippen molar-refractivity contribution in [3.05, 3.63) is 18.0 Å². The highest BCUT2D eigenvalue weighted by Gasteiger charge is 2.32. The van der Waals surface area contributed by atoms with Crippen molar-refractivity contribution in [3.63, 3.8) is 0 Å². The van der Waals surface area contributed by atoms with Crippen LogP contribution in [-0.4, -0.2) is 22.4 Å². The number of nitrogens with zero attached hydrogens (tertiary/aromatic N) is 2. The number of nitrogens with one attached hydrogen (secondary N) is 1. The lowest BCUT2D eigenvalue weighted by Crippen LogP contribution is -2.34. The molecule has 98 valence electrons. The molecule has 1 N–H and O–H groups in total. The van der Waals surface area contributed by atoms with Crippen LogP contribution < -0.4 is 5.32 Å². The Labute approximate surface area is 99.0 Å². The molecule has 2 atom stereocenters. The van der Waals surface area contributed by atoms with Crippen LogP contribution in [-0.2, 0) is 6.18 Å². The second kappa shape index (κ2) is 5.53. The van der Waals surface area contributed by atoms with Crippen LogP contribution in [0.2, 0.25) is 0 Å². The predicted octanol–water partition coefficient (Wildman–Crippen LogP) is 2.85. The molecule has 0 aromatic carbocycles. The summed E-state index contributed by atoms with van der Waals surface area (Å²) in [7, 11) is 0. The van der Waals surface area contributed by atoms with Crippen LogP contribution >= 0.6 is 0 Å². The topological polar surface area (TPSA) is 29.9 Å². The Kier molecular flexibility index (Phi) is 4.56. The van der Waals surface area contributed by atoms with Crippen LogP contribution in [0.15, 0.2) is 12.4 Å². The highest BCUT2D eigenvalue weighted by molar-refractivity contribution is 5.09. The lowest BCUT2D eigenvalue weighted by atomic mass is 10.1. The molecule has 1 heterocycles. The number of alkyl halides is 3. The molecule has 3 nitrogen and oxygen atoms in total. The first kappa shape index (κ1) is 14.0. The smallest absolute Gasteiger partial charge is 0.312 e. The Morgan fingerprint density at radius 1 is 1.41 bits per heavy atom. The molecule has 1 aromatic rings. The Morgan fingerprint density at radius 3 is 2.53 bits per heavy atom. The van der Waals surface area contributed by atoms with Crippen molar-refractivity contribution in [3.8, 4) is 0 Å². The Morgan fingerprint density at radius 2 is 2.06 bits per heavy atom. The van der Waals surface area contributed by atoms with Gasteiger partial charge in [0, 0.05) is 12.2 Å². The standard InChI is InChI=1S/C11H18F3N3/c1-4-5-15-8(2)9(3)17-7-10(6-16-17)11(12,13)14/h6-9,15H,4-5H2,1-3H3. The van der Waals surface area contributed by atoms with Crippen molar-refractivity contribution in [1.29, 1.82) is 0 Å². The van der Waals surface area contributed by atoms with Gasteiger partial charge in [0.1, 0.15) is 0 Å². The summed E-state index contributed by atoms with van der Waals surface area (Å²) in [5, 5.41) is 7.00. The van der Waals surface area contributed by atoms with Crippen LogP contribution in [0.25, 0.3) is 0 Å². The van der Waals surface area contributed by atoms with E-state index in [2.05, 4.69) is 10.4 Å². The first-order valence-corrected chi connectivity index (χ1v) is 5.71. The molecular weight excluding hydrogens is 231 g/mol.